The van der Waals surface area contributed by atoms with Crippen LogP contribution < -0.4 is 5.32 Å². The van der Waals surface area contributed by atoms with Crippen LogP contribution >= 0.6 is 0 Å². The fraction of sp³-hybridized carbons (Fsp3) is 0.600. The average molecular weight is 287 g/mol. The van der Waals surface area contributed by atoms with Gasteiger partial charge in [0.1, 0.15) is 0 Å². The Balaban J connectivity index is 1.96. The summed E-state index contributed by atoms with van der Waals surface area (Å²) < 4.78 is 37.4. The van der Waals surface area contributed by atoms with Gasteiger partial charge in [0.05, 0.1) is 11.7 Å². The maximum absolute atomic E-state index is 12.5. The van der Waals surface area contributed by atoms with E-state index in [1.54, 1.807) is 0 Å². The van der Waals surface area contributed by atoms with Crippen molar-refractivity contribution in [3.8, 4) is 0 Å². The molecule has 0 amide bonds. The fourth-order valence-corrected chi connectivity index (χ4v) is 2.60. The number of benzene rings is 1. The maximum Gasteiger partial charge on any atom is 0.416 e. The molecule has 5 heteroatoms. The van der Waals surface area contributed by atoms with Gasteiger partial charge in [-0.25, -0.2) is 0 Å². The van der Waals surface area contributed by atoms with Crippen molar-refractivity contribution >= 4 is 0 Å². The van der Waals surface area contributed by atoms with Gasteiger partial charge < -0.3 is 10.4 Å². The van der Waals surface area contributed by atoms with Crippen molar-refractivity contribution in [3.05, 3.63) is 35.4 Å². The van der Waals surface area contributed by atoms with Crippen LogP contribution in [0.4, 0.5) is 13.2 Å². The van der Waals surface area contributed by atoms with Crippen molar-refractivity contribution in [2.45, 2.75) is 50.4 Å². The summed E-state index contributed by atoms with van der Waals surface area (Å²) >= 11 is 0. The van der Waals surface area contributed by atoms with Crippen LogP contribution in [0.5, 0.6) is 0 Å². The molecule has 0 aromatic heterocycles. The summed E-state index contributed by atoms with van der Waals surface area (Å²) in [6, 6.07) is 5.03. The highest BCUT2D eigenvalue weighted by molar-refractivity contribution is 5.26. The monoisotopic (exact) mass is 287 g/mol. The Morgan fingerprint density at radius 2 is 1.85 bits per heavy atom. The lowest BCUT2D eigenvalue weighted by Crippen LogP contribution is -2.29. The van der Waals surface area contributed by atoms with Crippen LogP contribution in [0.15, 0.2) is 24.3 Å². The summed E-state index contributed by atoms with van der Waals surface area (Å²) in [5, 5.41) is 13.5. The number of rotatable bonds is 3. The van der Waals surface area contributed by atoms with E-state index in [2.05, 4.69) is 5.32 Å². The Kier molecular flexibility index (Phi) is 5.05. The third-order valence-corrected chi connectivity index (χ3v) is 3.79. The number of halogens is 3. The third-order valence-electron chi connectivity index (χ3n) is 3.79. The van der Waals surface area contributed by atoms with Crippen LogP contribution in [0.3, 0.4) is 0 Å². The quantitative estimate of drug-likeness (QED) is 0.889. The topological polar surface area (TPSA) is 32.3 Å². The smallest absolute Gasteiger partial charge is 0.388 e. The van der Waals surface area contributed by atoms with Gasteiger partial charge in [0.2, 0.25) is 0 Å². The molecule has 2 atom stereocenters. The van der Waals surface area contributed by atoms with E-state index in [-0.39, 0.29) is 6.04 Å². The number of hydrogen-bond acceptors (Lipinski definition) is 2. The zero-order valence-electron chi connectivity index (χ0n) is 11.3. The molecule has 1 aliphatic rings. The molecule has 2 N–H and O–H groups in total. The van der Waals surface area contributed by atoms with Crippen molar-refractivity contribution < 1.29 is 18.3 Å². The fourth-order valence-electron chi connectivity index (χ4n) is 2.60. The number of alkyl halides is 3. The van der Waals surface area contributed by atoms with E-state index in [9.17, 15) is 18.3 Å². The molecule has 1 aliphatic heterocycles. The molecule has 0 saturated carbocycles. The Bertz CT molecular complexity index is 408. The third kappa shape index (κ3) is 4.21. The summed E-state index contributed by atoms with van der Waals surface area (Å²) in [7, 11) is 0. The summed E-state index contributed by atoms with van der Waals surface area (Å²) in [6.07, 6.45) is -0.00705. The van der Waals surface area contributed by atoms with Gasteiger partial charge in [-0.15, -0.1) is 0 Å². The van der Waals surface area contributed by atoms with Crippen molar-refractivity contribution in [1.29, 1.82) is 0 Å². The predicted molar refractivity (Wildman–Crippen MR) is 71.3 cm³/mol. The summed E-state index contributed by atoms with van der Waals surface area (Å²) in [6.45, 7) is 0.949. The Hall–Kier alpha value is -1.07. The molecular weight excluding hydrogens is 267 g/mol. The van der Waals surface area contributed by atoms with E-state index in [0.29, 0.717) is 12.0 Å². The van der Waals surface area contributed by atoms with Gasteiger partial charge in [-0.1, -0.05) is 25.0 Å². The summed E-state index contributed by atoms with van der Waals surface area (Å²) in [5.74, 6) is 0. The molecule has 20 heavy (non-hydrogen) atoms. The van der Waals surface area contributed by atoms with Crippen LogP contribution in [-0.4, -0.2) is 17.7 Å². The number of nitrogens with one attached hydrogen (secondary N) is 1. The zero-order chi connectivity index (χ0) is 14.6. The first-order valence-electron chi connectivity index (χ1n) is 7.05. The molecular formula is C15H20F3NO. The van der Waals surface area contributed by atoms with Crippen LogP contribution in [0.25, 0.3) is 0 Å². The lowest BCUT2D eigenvalue weighted by atomic mass is 9.98. The van der Waals surface area contributed by atoms with Crippen molar-refractivity contribution in [1.82, 2.24) is 5.32 Å². The van der Waals surface area contributed by atoms with Gasteiger partial charge in [-0.05, 0) is 43.5 Å². The summed E-state index contributed by atoms with van der Waals surface area (Å²) in [5.41, 5.74) is -0.134. The van der Waals surface area contributed by atoms with Crippen LogP contribution in [0.1, 0.15) is 49.3 Å². The first-order chi connectivity index (χ1) is 9.47. The molecule has 1 aromatic carbocycles. The van der Waals surface area contributed by atoms with Gasteiger partial charge in [-0.2, -0.15) is 13.2 Å². The standard InChI is InChI=1S/C15H20F3NO/c16-15(17,18)12-7-5-11(6-8-12)14(20)10-13-4-2-1-3-9-19-13/h5-8,13-14,19-20H,1-4,9-10H2. The number of aliphatic hydroxyl groups excluding tert-OH is 1. The minimum Gasteiger partial charge on any atom is -0.388 e. The Labute approximate surface area is 117 Å². The Morgan fingerprint density at radius 3 is 2.50 bits per heavy atom. The minimum atomic E-state index is -4.33. The van der Waals surface area contributed by atoms with E-state index in [1.165, 1.54) is 18.6 Å². The molecule has 1 aromatic rings. The van der Waals surface area contributed by atoms with Gasteiger partial charge in [0, 0.05) is 6.04 Å². The van der Waals surface area contributed by atoms with Crippen LogP contribution in [-0.2, 0) is 6.18 Å². The van der Waals surface area contributed by atoms with Crippen molar-refractivity contribution in [3.63, 3.8) is 0 Å². The molecule has 0 radical (unpaired) electrons. The van der Waals surface area contributed by atoms with Gasteiger partial charge in [0.15, 0.2) is 0 Å². The second-order valence-electron chi connectivity index (χ2n) is 5.37. The molecule has 112 valence electrons. The summed E-state index contributed by atoms with van der Waals surface area (Å²) in [4.78, 5) is 0. The second kappa shape index (κ2) is 6.59. The van der Waals surface area contributed by atoms with E-state index in [0.717, 1.165) is 37.9 Å². The van der Waals surface area contributed by atoms with E-state index in [4.69, 9.17) is 0 Å². The SMILES string of the molecule is OC(CC1CCCCCN1)c1ccc(C(F)(F)F)cc1. The molecule has 2 nitrogen and oxygen atoms in total. The molecule has 0 aliphatic carbocycles. The Morgan fingerprint density at radius 1 is 1.15 bits per heavy atom. The molecule has 0 spiro atoms. The lowest BCUT2D eigenvalue weighted by Gasteiger charge is -2.20. The van der Waals surface area contributed by atoms with Crippen LogP contribution in [0, 0.1) is 0 Å². The molecule has 0 bridgehead atoms. The minimum absolute atomic E-state index is 0.245. The highest BCUT2D eigenvalue weighted by atomic mass is 19.4. The molecule has 2 rings (SSSR count). The van der Waals surface area contributed by atoms with Crippen molar-refractivity contribution in [2.24, 2.45) is 0 Å². The average Bonchev–Trinajstić information content (AvgIpc) is 2.66. The van der Waals surface area contributed by atoms with E-state index >= 15 is 0 Å². The number of hydrogen-bond donors (Lipinski definition) is 2. The van der Waals surface area contributed by atoms with Gasteiger partial charge in [-0.3, -0.25) is 0 Å². The number of aliphatic hydroxyl groups is 1. The normalized spacial score (nSPS) is 22.3. The van der Waals surface area contributed by atoms with Crippen LogP contribution in [0.2, 0.25) is 0 Å². The maximum atomic E-state index is 12.5. The molecule has 2 unspecified atom stereocenters. The van der Waals surface area contributed by atoms with E-state index in [1.807, 2.05) is 0 Å². The molecule has 1 heterocycles. The lowest BCUT2D eigenvalue weighted by molar-refractivity contribution is -0.137. The van der Waals surface area contributed by atoms with Crippen molar-refractivity contribution in [2.75, 3.05) is 6.54 Å². The van der Waals surface area contributed by atoms with Gasteiger partial charge >= 0.3 is 6.18 Å². The molecule has 1 fully saturated rings. The highest BCUT2D eigenvalue weighted by Gasteiger charge is 2.30. The first-order valence-corrected chi connectivity index (χ1v) is 7.05. The first kappa shape index (κ1) is 15.3. The van der Waals surface area contributed by atoms with E-state index < -0.39 is 17.8 Å². The largest absolute Gasteiger partial charge is 0.416 e. The molecule has 1 saturated heterocycles. The highest BCUT2D eigenvalue weighted by Crippen LogP contribution is 2.30. The predicted octanol–water partition coefficient (Wildman–Crippen LogP) is 3.66. The van der Waals surface area contributed by atoms with Gasteiger partial charge in [0.25, 0.3) is 0 Å². The second-order valence-corrected chi connectivity index (χ2v) is 5.37. The zero-order valence-corrected chi connectivity index (χ0v) is 11.3.